The summed E-state index contributed by atoms with van der Waals surface area (Å²) in [5.74, 6) is -1.40. The number of furan rings is 1. The quantitative estimate of drug-likeness (QED) is 0.395. The van der Waals surface area contributed by atoms with E-state index >= 15 is 0 Å². The average molecular weight is 330 g/mol. The van der Waals surface area contributed by atoms with Gasteiger partial charge in [0.1, 0.15) is 0 Å². The van der Waals surface area contributed by atoms with Crippen LogP contribution in [0.1, 0.15) is 20.9 Å². The van der Waals surface area contributed by atoms with Gasteiger partial charge in [-0.15, -0.1) is 0 Å². The summed E-state index contributed by atoms with van der Waals surface area (Å²) in [7, 11) is 0. The second kappa shape index (κ2) is 9.95. The Morgan fingerprint density at radius 1 is 0.826 bits per heavy atom. The van der Waals surface area contributed by atoms with Crippen molar-refractivity contribution in [1.29, 1.82) is 0 Å². The Balaban J connectivity index is 3.01. The highest BCUT2D eigenvalue weighted by Crippen LogP contribution is 2.16. The molecule has 0 unspecified atom stereocenters. The van der Waals surface area contributed by atoms with Gasteiger partial charge in [-0.25, -0.2) is 0 Å². The molecule has 0 saturated heterocycles. The van der Waals surface area contributed by atoms with E-state index in [0.29, 0.717) is 0 Å². The van der Waals surface area contributed by atoms with Crippen LogP contribution in [0.25, 0.3) is 0 Å². The van der Waals surface area contributed by atoms with Gasteiger partial charge in [0.15, 0.2) is 0 Å². The smallest absolute Gasteiger partial charge is 0.290 e. The normalized spacial score (nSPS) is 10.6. The van der Waals surface area contributed by atoms with Crippen LogP contribution in [0, 0.1) is 0 Å². The van der Waals surface area contributed by atoms with Crippen molar-refractivity contribution < 1.29 is 34.4 Å². The van der Waals surface area contributed by atoms with Gasteiger partial charge in [0.05, 0.1) is 38.3 Å². The SMILES string of the molecule is O=C(c1ccoc1C(=O)N(CCO)CCO)N(CCO)CCO. The van der Waals surface area contributed by atoms with E-state index in [9.17, 15) is 9.59 Å². The minimum atomic E-state index is -0.630. The van der Waals surface area contributed by atoms with Crippen LogP contribution in [0.5, 0.6) is 0 Å². The molecular formula is C14H22N2O7. The summed E-state index contributed by atoms with van der Waals surface area (Å²) >= 11 is 0. The minimum absolute atomic E-state index is 0.00206. The molecule has 1 heterocycles. The number of carbonyl (C=O) groups is 2. The first kappa shape index (κ1) is 19.1. The van der Waals surface area contributed by atoms with Gasteiger partial charge in [0.2, 0.25) is 5.76 Å². The third kappa shape index (κ3) is 5.03. The number of nitrogens with zero attached hydrogens (tertiary/aromatic N) is 2. The Morgan fingerprint density at radius 3 is 1.70 bits per heavy atom. The summed E-state index contributed by atoms with van der Waals surface area (Å²) in [6.45, 7) is -1.16. The lowest BCUT2D eigenvalue weighted by Gasteiger charge is -2.22. The number of amides is 2. The topological polar surface area (TPSA) is 135 Å². The minimum Gasteiger partial charge on any atom is -0.458 e. The highest BCUT2D eigenvalue weighted by Gasteiger charge is 2.27. The van der Waals surface area contributed by atoms with Crippen LogP contribution in [0.15, 0.2) is 16.7 Å². The van der Waals surface area contributed by atoms with Crippen molar-refractivity contribution in [3.05, 3.63) is 23.7 Å². The van der Waals surface area contributed by atoms with Gasteiger partial charge in [-0.3, -0.25) is 9.59 Å². The zero-order valence-corrected chi connectivity index (χ0v) is 12.7. The lowest BCUT2D eigenvalue weighted by molar-refractivity contribution is 0.0625. The maximum atomic E-state index is 12.4. The first-order valence-electron chi connectivity index (χ1n) is 7.20. The molecular weight excluding hydrogens is 308 g/mol. The first-order chi connectivity index (χ1) is 11.1. The standard InChI is InChI=1S/C14H22N2O7/c17-6-2-15(3-7-18)13(21)11-1-10-23-12(11)14(22)16(4-8-19)5-9-20/h1,10,17-20H,2-9H2. The molecule has 0 fully saturated rings. The van der Waals surface area contributed by atoms with E-state index in [1.54, 1.807) is 0 Å². The molecule has 0 spiro atoms. The first-order valence-corrected chi connectivity index (χ1v) is 7.20. The zero-order valence-electron chi connectivity index (χ0n) is 12.7. The largest absolute Gasteiger partial charge is 0.458 e. The van der Waals surface area contributed by atoms with E-state index in [1.165, 1.54) is 17.2 Å². The van der Waals surface area contributed by atoms with Crippen molar-refractivity contribution in [3.63, 3.8) is 0 Å². The Kier molecular flexibility index (Phi) is 8.27. The lowest BCUT2D eigenvalue weighted by Crippen LogP contribution is -2.39. The molecule has 0 atom stereocenters. The molecule has 0 aliphatic rings. The van der Waals surface area contributed by atoms with Gasteiger partial charge in [-0.2, -0.15) is 0 Å². The highest BCUT2D eigenvalue weighted by molar-refractivity contribution is 6.05. The van der Waals surface area contributed by atoms with Gasteiger partial charge >= 0.3 is 0 Å². The van der Waals surface area contributed by atoms with Crippen LogP contribution in [-0.2, 0) is 0 Å². The fourth-order valence-corrected chi connectivity index (χ4v) is 2.07. The summed E-state index contributed by atoms with van der Waals surface area (Å²) < 4.78 is 5.10. The number of hydrogen-bond acceptors (Lipinski definition) is 7. The van der Waals surface area contributed by atoms with E-state index < -0.39 is 11.8 Å². The number of aliphatic hydroxyl groups excluding tert-OH is 4. The summed E-state index contributed by atoms with van der Waals surface area (Å²) in [6.07, 6.45) is 1.19. The summed E-state index contributed by atoms with van der Waals surface area (Å²) in [5.41, 5.74) is -0.00206. The maximum Gasteiger partial charge on any atom is 0.290 e. The number of hydrogen-bond donors (Lipinski definition) is 4. The molecule has 23 heavy (non-hydrogen) atoms. The zero-order chi connectivity index (χ0) is 17.2. The van der Waals surface area contributed by atoms with Crippen LogP contribution >= 0.6 is 0 Å². The molecule has 0 aliphatic carbocycles. The van der Waals surface area contributed by atoms with E-state index in [-0.39, 0.29) is 63.9 Å². The van der Waals surface area contributed by atoms with Crippen LogP contribution in [-0.4, -0.2) is 94.6 Å². The van der Waals surface area contributed by atoms with Crippen molar-refractivity contribution in [3.8, 4) is 0 Å². The van der Waals surface area contributed by atoms with E-state index in [4.69, 9.17) is 24.8 Å². The number of aliphatic hydroxyl groups is 4. The van der Waals surface area contributed by atoms with E-state index in [1.807, 2.05) is 0 Å². The monoisotopic (exact) mass is 330 g/mol. The van der Waals surface area contributed by atoms with Crippen LogP contribution < -0.4 is 0 Å². The van der Waals surface area contributed by atoms with Gasteiger partial charge in [0.25, 0.3) is 11.8 Å². The van der Waals surface area contributed by atoms with Gasteiger partial charge < -0.3 is 34.6 Å². The Morgan fingerprint density at radius 2 is 1.26 bits per heavy atom. The number of rotatable bonds is 10. The molecule has 0 aliphatic heterocycles. The van der Waals surface area contributed by atoms with Crippen molar-refractivity contribution >= 4 is 11.8 Å². The van der Waals surface area contributed by atoms with Gasteiger partial charge in [-0.1, -0.05) is 0 Å². The van der Waals surface area contributed by atoms with E-state index in [0.717, 1.165) is 4.90 Å². The van der Waals surface area contributed by atoms with Crippen LogP contribution in [0.3, 0.4) is 0 Å². The van der Waals surface area contributed by atoms with Crippen molar-refractivity contribution in [2.75, 3.05) is 52.6 Å². The Hall–Kier alpha value is -1.94. The average Bonchev–Trinajstić information content (AvgIpc) is 3.02. The summed E-state index contributed by atoms with van der Waals surface area (Å²) in [4.78, 5) is 27.2. The van der Waals surface area contributed by atoms with Crippen molar-refractivity contribution in [2.24, 2.45) is 0 Å². The Bertz CT molecular complexity index is 449. The highest BCUT2D eigenvalue weighted by atomic mass is 16.3. The van der Waals surface area contributed by atoms with Crippen LogP contribution in [0.4, 0.5) is 0 Å². The molecule has 0 radical (unpaired) electrons. The molecule has 4 N–H and O–H groups in total. The Labute approximate surface area is 133 Å². The fourth-order valence-electron chi connectivity index (χ4n) is 2.07. The molecule has 1 rings (SSSR count). The molecule has 1 aromatic rings. The van der Waals surface area contributed by atoms with Crippen molar-refractivity contribution in [1.82, 2.24) is 9.80 Å². The van der Waals surface area contributed by atoms with Crippen molar-refractivity contribution in [2.45, 2.75) is 0 Å². The molecule has 9 heteroatoms. The van der Waals surface area contributed by atoms with Gasteiger partial charge in [0, 0.05) is 26.2 Å². The third-order valence-corrected chi connectivity index (χ3v) is 3.14. The molecule has 1 aromatic heterocycles. The van der Waals surface area contributed by atoms with Crippen LogP contribution in [0.2, 0.25) is 0 Å². The fraction of sp³-hybridized carbons (Fsp3) is 0.571. The lowest BCUT2D eigenvalue weighted by atomic mass is 10.2. The van der Waals surface area contributed by atoms with E-state index in [2.05, 4.69) is 0 Å². The second-order valence-electron chi connectivity index (χ2n) is 4.64. The summed E-state index contributed by atoms with van der Waals surface area (Å²) in [6, 6.07) is 1.33. The summed E-state index contributed by atoms with van der Waals surface area (Å²) in [5, 5.41) is 35.9. The predicted octanol–water partition coefficient (Wildman–Crippen LogP) is -1.87. The molecule has 0 aromatic carbocycles. The maximum absolute atomic E-state index is 12.4. The number of carbonyl (C=O) groups excluding carboxylic acids is 2. The van der Waals surface area contributed by atoms with Gasteiger partial charge in [-0.05, 0) is 6.07 Å². The second-order valence-corrected chi connectivity index (χ2v) is 4.64. The molecule has 9 nitrogen and oxygen atoms in total. The third-order valence-electron chi connectivity index (χ3n) is 3.14. The molecule has 130 valence electrons. The predicted molar refractivity (Wildman–Crippen MR) is 78.9 cm³/mol. The molecule has 0 saturated carbocycles. The molecule has 2 amide bonds. The molecule has 0 bridgehead atoms.